The van der Waals surface area contributed by atoms with Crippen molar-refractivity contribution in [2.24, 2.45) is 0 Å². The number of hydrogen-bond donors (Lipinski definition) is 1. The van der Waals surface area contributed by atoms with Gasteiger partial charge in [0.05, 0.1) is 6.33 Å². The van der Waals surface area contributed by atoms with E-state index < -0.39 is 0 Å². The summed E-state index contributed by atoms with van der Waals surface area (Å²) in [7, 11) is 0. The first-order valence-electron chi connectivity index (χ1n) is 3.63. The zero-order valence-corrected chi connectivity index (χ0v) is 6.38. The quantitative estimate of drug-likeness (QED) is 0.669. The molecular formula is C9H9N2NaO. The summed E-state index contributed by atoms with van der Waals surface area (Å²) in [5, 5.41) is 9.03. The zero-order chi connectivity index (χ0) is 8.39. The fourth-order valence-electron chi connectivity index (χ4n) is 1.04. The van der Waals surface area contributed by atoms with Gasteiger partial charge in [0.2, 0.25) is 0 Å². The molecule has 0 bridgehead atoms. The van der Waals surface area contributed by atoms with Crippen LogP contribution < -0.4 is 0 Å². The van der Waals surface area contributed by atoms with E-state index in [1.54, 1.807) is 24.7 Å². The van der Waals surface area contributed by atoms with Crippen LogP contribution in [0.5, 0.6) is 5.75 Å². The molecule has 3 nitrogen and oxygen atoms in total. The maximum atomic E-state index is 9.03. The van der Waals surface area contributed by atoms with Gasteiger partial charge in [-0.1, -0.05) is 0 Å². The van der Waals surface area contributed by atoms with Crippen molar-refractivity contribution >= 4 is 29.6 Å². The molecule has 13 heavy (non-hydrogen) atoms. The van der Waals surface area contributed by atoms with Crippen LogP contribution in [0.1, 0.15) is 0 Å². The molecule has 2 rings (SSSR count). The molecule has 0 saturated carbocycles. The minimum absolute atomic E-state index is 0. The second kappa shape index (κ2) is 4.46. The number of benzene rings is 1. The second-order valence-electron chi connectivity index (χ2n) is 2.49. The SMILES string of the molecule is Oc1ccc(-n2ccnc2)cc1.[NaH]. The molecular weight excluding hydrogens is 175 g/mol. The molecule has 0 aliphatic carbocycles. The van der Waals surface area contributed by atoms with Gasteiger partial charge in [-0.2, -0.15) is 0 Å². The van der Waals surface area contributed by atoms with E-state index in [4.69, 9.17) is 5.11 Å². The Kier molecular flexibility index (Phi) is 3.54. The Bertz CT molecular complexity index is 356. The summed E-state index contributed by atoms with van der Waals surface area (Å²) in [6, 6.07) is 6.96. The first-order valence-corrected chi connectivity index (χ1v) is 3.63. The van der Waals surface area contributed by atoms with E-state index in [-0.39, 0.29) is 35.3 Å². The Labute approximate surface area is 98.3 Å². The molecule has 0 aliphatic rings. The Morgan fingerprint density at radius 1 is 1.15 bits per heavy atom. The van der Waals surface area contributed by atoms with Crippen molar-refractivity contribution in [2.45, 2.75) is 0 Å². The predicted molar refractivity (Wildman–Crippen MR) is 52.4 cm³/mol. The first kappa shape index (κ1) is 10.3. The van der Waals surface area contributed by atoms with Crippen molar-refractivity contribution in [3.8, 4) is 11.4 Å². The van der Waals surface area contributed by atoms with E-state index in [2.05, 4.69) is 4.98 Å². The summed E-state index contributed by atoms with van der Waals surface area (Å²) < 4.78 is 1.87. The topological polar surface area (TPSA) is 38.0 Å². The number of nitrogens with zero attached hydrogens (tertiary/aromatic N) is 2. The van der Waals surface area contributed by atoms with E-state index in [1.807, 2.05) is 22.9 Å². The number of aromatic hydroxyl groups is 1. The van der Waals surface area contributed by atoms with Crippen LogP contribution in [0.3, 0.4) is 0 Å². The Morgan fingerprint density at radius 3 is 2.38 bits per heavy atom. The van der Waals surface area contributed by atoms with Gasteiger partial charge in [-0.3, -0.25) is 0 Å². The van der Waals surface area contributed by atoms with Gasteiger partial charge in [0.15, 0.2) is 0 Å². The first-order chi connectivity index (χ1) is 5.86. The third-order valence-corrected chi connectivity index (χ3v) is 1.65. The molecule has 0 spiro atoms. The normalized spacial score (nSPS) is 9.23. The van der Waals surface area contributed by atoms with Crippen molar-refractivity contribution in [3.63, 3.8) is 0 Å². The summed E-state index contributed by atoms with van der Waals surface area (Å²) in [4.78, 5) is 3.92. The third-order valence-electron chi connectivity index (χ3n) is 1.65. The van der Waals surface area contributed by atoms with Crippen molar-refractivity contribution in [2.75, 3.05) is 0 Å². The number of aromatic nitrogens is 2. The fourth-order valence-corrected chi connectivity index (χ4v) is 1.04. The predicted octanol–water partition coefficient (Wildman–Crippen LogP) is 0.929. The van der Waals surface area contributed by atoms with Gasteiger partial charge >= 0.3 is 29.6 Å². The number of rotatable bonds is 1. The van der Waals surface area contributed by atoms with Crippen LogP contribution in [0.2, 0.25) is 0 Å². The number of hydrogen-bond acceptors (Lipinski definition) is 2. The van der Waals surface area contributed by atoms with Gasteiger partial charge in [0.1, 0.15) is 5.75 Å². The van der Waals surface area contributed by atoms with Crippen molar-refractivity contribution in [1.29, 1.82) is 0 Å². The summed E-state index contributed by atoms with van der Waals surface area (Å²) in [6.07, 6.45) is 5.28. The summed E-state index contributed by atoms with van der Waals surface area (Å²) in [5.74, 6) is 0.277. The molecule has 62 valence electrons. The molecule has 0 fully saturated rings. The Hall–Kier alpha value is -0.770. The van der Waals surface area contributed by atoms with Crippen molar-refractivity contribution in [1.82, 2.24) is 9.55 Å². The van der Waals surface area contributed by atoms with Crippen molar-refractivity contribution in [3.05, 3.63) is 43.0 Å². The van der Waals surface area contributed by atoms with Gasteiger partial charge in [-0.05, 0) is 24.3 Å². The maximum absolute atomic E-state index is 9.03. The molecule has 0 saturated heterocycles. The average Bonchev–Trinajstić information content (AvgIpc) is 2.58. The number of phenolic OH excluding ortho intramolecular Hbond substituents is 1. The van der Waals surface area contributed by atoms with Gasteiger partial charge < -0.3 is 9.67 Å². The third kappa shape index (κ3) is 2.34. The second-order valence-corrected chi connectivity index (χ2v) is 2.49. The molecule has 1 aromatic carbocycles. The van der Waals surface area contributed by atoms with E-state index in [0.717, 1.165) is 5.69 Å². The molecule has 0 atom stereocenters. The van der Waals surface area contributed by atoms with Gasteiger partial charge in [-0.15, -0.1) is 0 Å². The van der Waals surface area contributed by atoms with Crippen LogP contribution in [0, 0.1) is 0 Å². The van der Waals surface area contributed by atoms with E-state index >= 15 is 0 Å². The summed E-state index contributed by atoms with van der Waals surface area (Å²) in [6.45, 7) is 0. The van der Waals surface area contributed by atoms with E-state index in [1.165, 1.54) is 0 Å². The van der Waals surface area contributed by atoms with Crippen LogP contribution in [0.15, 0.2) is 43.0 Å². The van der Waals surface area contributed by atoms with E-state index in [9.17, 15) is 0 Å². The molecule has 0 aliphatic heterocycles. The number of phenols is 1. The van der Waals surface area contributed by atoms with Gasteiger partial charge in [0, 0.05) is 18.1 Å². The molecule has 0 unspecified atom stereocenters. The zero-order valence-electron chi connectivity index (χ0n) is 6.38. The molecule has 0 radical (unpaired) electrons. The summed E-state index contributed by atoms with van der Waals surface area (Å²) >= 11 is 0. The molecule has 1 aromatic heterocycles. The van der Waals surface area contributed by atoms with Gasteiger partial charge in [-0.25, -0.2) is 4.98 Å². The molecule has 1 heterocycles. The summed E-state index contributed by atoms with van der Waals surface area (Å²) in [5.41, 5.74) is 0.991. The molecule has 2 aromatic rings. The average molecular weight is 184 g/mol. The fraction of sp³-hybridized carbons (Fsp3) is 0. The monoisotopic (exact) mass is 184 g/mol. The molecule has 1 N–H and O–H groups in total. The van der Waals surface area contributed by atoms with Crippen LogP contribution >= 0.6 is 0 Å². The molecule has 0 amide bonds. The molecule has 4 heteroatoms. The van der Waals surface area contributed by atoms with Crippen LogP contribution in [0.4, 0.5) is 0 Å². The standard InChI is InChI=1S/C9H8N2O.Na.H/c12-9-3-1-8(2-4-9)11-6-5-10-7-11;;/h1-7,12H;;. The minimum atomic E-state index is 0. The van der Waals surface area contributed by atoms with Crippen LogP contribution in [0.25, 0.3) is 5.69 Å². The van der Waals surface area contributed by atoms with E-state index in [0.29, 0.717) is 0 Å². The Balaban J connectivity index is 0.000000845. The van der Waals surface area contributed by atoms with Crippen LogP contribution in [-0.2, 0) is 0 Å². The number of imidazole rings is 1. The van der Waals surface area contributed by atoms with Crippen molar-refractivity contribution < 1.29 is 5.11 Å². The Morgan fingerprint density at radius 2 is 1.85 bits per heavy atom. The van der Waals surface area contributed by atoms with Gasteiger partial charge in [0.25, 0.3) is 0 Å². The van der Waals surface area contributed by atoms with Crippen LogP contribution in [-0.4, -0.2) is 44.2 Å².